The summed E-state index contributed by atoms with van der Waals surface area (Å²) >= 11 is 0. The highest BCUT2D eigenvalue weighted by atomic mass is 16.3. The Labute approximate surface area is 116 Å². The van der Waals surface area contributed by atoms with Crippen molar-refractivity contribution >= 4 is 0 Å². The predicted octanol–water partition coefficient (Wildman–Crippen LogP) is 1.98. The third-order valence-corrected chi connectivity index (χ3v) is 4.60. The van der Waals surface area contributed by atoms with E-state index in [-0.39, 0.29) is 12.1 Å². The molecular formula is C15H27N3O. The topological polar surface area (TPSA) is 50.1 Å². The molecule has 108 valence electrons. The molecule has 2 atom stereocenters. The van der Waals surface area contributed by atoms with Crippen LogP contribution < -0.4 is 5.32 Å². The highest BCUT2D eigenvalue weighted by molar-refractivity contribution is 4.99. The van der Waals surface area contributed by atoms with Gasteiger partial charge in [-0.25, -0.2) is 4.98 Å². The Hall–Kier alpha value is -0.870. The summed E-state index contributed by atoms with van der Waals surface area (Å²) in [5.74, 6) is 1.74. The maximum absolute atomic E-state index is 9.79. The number of rotatable bonds is 7. The minimum atomic E-state index is -0.0400. The van der Waals surface area contributed by atoms with Gasteiger partial charge in [0.1, 0.15) is 5.82 Å². The van der Waals surface area contributed by atoms with E-state index in [9.17, 15) is 5.11 Å². The molecule has 1 aromatic heterocycles. The summed E-state index contributed by atoms with van der Waals surface area (Å²) in [6, 6.07) is 0. The molecule has 1 aromatic rings. The van der Waals surface area contributed by atoms with Gasteiger partial charge in [-0.2, -0.15) is 0 Å². The molecule has 0 radical (unpaired) electrons. The fourth-order valence-electron chi connectivity index (χ4n) is 3.57. The maximum atomic E-state index is 9.79. The van der Waals surface area contributed by atoms with Crippen LogP contribution in [0, 0.1) is 5.92 Å². The zero-order valence-electron chi connectivity index (χ0n) is 12.2. The van der Waals surface area contributed by atoms with E-state index in [4.69, 9.17) is 0 Å². The molecule has 0 aromatic carbocycles. The van der Waals surface area contributed by atoms with E-state index in [0.717, 1.165) is 38.2 Å². The quantitative estimate of drug-likeness (QED) is 0.792. The third kappa shape index (κ3) is 3.00. The van der Waals surface area contributed by atoms with Gasteiger partial charge in [-0.05, 0) is 31.7 Å². The summed E-state index contributed by atoms with van der Waals surface area (Å²) in [7, 11) is 0. The fraction of sp³-hybridized carbons (Fsp3) is 0.800. The standard InChI is InChI=1S/C15H27N3O/c1-3-14-16-9-11-18(14)10-7-13-6-5-8-15(13,12-19)17-4-2/h9,11,13,17,19H,3-8,10,12H2,1-2H3. The number of aryl methyl sites for hydroxylation is 2. The normalized spacial score (nSPS) is 27.0. The summed E-state index contributed by atoms with van der Waals surface area (Å²) < 4.78 is 2.26. The van der Waals surface area contributed by atoms with Crippen LogP contribution in [-0.4, -0.2) is 33.3 Å². The molecule has 1 heterocycles. The van der Waals surface area contributed by atoms with Gasteiger partial charge in [0.2, 0.25) is 0 Å². The minimum absolute atomic E-state index is 0.0400. The average Bonchev–Trinajstić information content (AvgIpc) is 3.03. The number of nitrogens with zero attached hydrogens (tertiary/aromatic N) is 2. The smallest absolute Gasteiger partial charge is 0.108 e. The Kier molecular flexibility index (Phi) is 4.99. The lowest BCUT2D eigenvalue weighted by atomic mass is 9.85. The average molecular weight is 265 g/mol. The summed E-state index contributed by atoms with van der Waals surface area (Å²) in [6.07, 6.45) is 9.62. The molecule has 1 aliphatic rings. The number of hydrogen-bond acceptors (Lipinski definition) is 3. The lowest BCUT2D eigenvalue weighted by Gasteiger charge is -2.35. The lowest BCUT2D eigenvalue weighted by Crippen LogP contribution is -2.51. The molecule has 0 amide bonds. The second-order valence-electron chi connectivity index (χ2n) is 5.61. The molecule has 1 fully saturated rings. The van der Waals surface area contributed by atoms with Crippen molar-refractivity contribution in [2.75, 3.05) is 13.2 Å². The second-order valence-corrected chi connectivity index (χ2v) is 5.61. The zero-order chi connectivity index (χ0) is 13.7. The first-order valence-corrected chi connectivity index (χ1v) is 7.61. The van der Waals surface area contributed by atoms with Crippen molar-refractivity contribution in [2.45, 2.75) is 58.0 Å². The van der Waals surface area contributed by atoms with E-state index in [1.54, 1.807) is 0 Å². The molecule has 1 aliphatic carbocycles. The highest BCUT2D eigenvalue weighted by Crippen LogP contribution is 2.38. The Bertz CT molecular complexity index is 390. The van der Waals surface area contributed by atoms with Crippen molar-refractivity contribution < 1.29 is 5.11 Å². The van der Waals surface area contributed by atoms with Crippen molar-refractivity contribution in [1.82, 2.24) is 14.9 Å². The Morgan fingerprint density at radius 3 is 3.05 bits per heavy atom. The summed E-state index contributed by atoms with van der Waals surface area (Å²) in [6.45, 7) is 6.47. The zero-order valence-corrected chi connectivity index (χ0v) is 12.2. The van der Waals surface area contributed by atoms with E-state index >= 15 is 0 Å². The monoisotopic (exact) mass is 265 g/mol. The van der Waals surface area contributed by atoms with Crippen molar-refractivity contribution in [3.8, 4) is 0 Å². The van der Waals surface area contributed by atoms with Gasteiger partial charge in [-0.3, -0.25) is 0 Å². The van der Waals surface area contributed by atoms with Gasteiger partial charge < -0.3 is 15.0 Å². The van der Waals surface area contributed by atoms with Crippen LogP contribution in [-0.2, 0) is 13.0 Å². The first-order chi connectivity index (χ1) is 9.25. The molecule has 19 heavy (non-hydrogen) atoms. The highest BCUT2D eigenvalue weighted by Gasteiger charge is 2.41. The third-order valence-electron chi connectivity index (χ3n) is 4.60. The molecule has 2 rings (SSSR count). The molecule has 4 nitrogen and oxygen atoms in total. The number of imidazole rings is 1. The molecule has 0 bridgehead atoms. The maximum Gasteiger partial charge on any atom is 0.108 e. The van der Waals surface area contributed by atoms with Gasteiger partial charge in [0.25, 0.3) is 0 Å². The summed E-state index contributed by atoms with van der Waals surface area (Å²) in [4.78, 5) is 4.37. The summed E-state index contributed by atoms with van der Waals surface area (Å²) in [5, 5.41) is 13.3. The molecule has 1 saturated carbocycles. The molecule has 4 heteroatoms. The number of aliphatic hydroxyl groups excluding tert-OH is 1. The van der Waals surface area contributed by atoms with E-state index in [2.05, 4.69) is 34.9 Å². The molecular weight excluding hydrogens is 238 g/mol. The first kappa shape index (κ1) is 14.5. The molecule has 0 aliphatic heterocycles. The van der Waals surface area contributed by atoms with Gasteiger partial charge in [-0.1, -0.05) is 20.3 Å². The molecule has 2 unspecified atom stereocenters. The second kappa shape index (κ2) is 6.53. The van der Waals surface area contributed by atoms with Gasteiger partial charge in [0.05, 0.1) is 6.61 Å². The predicted molar refractivity (Wildman–Crippen MR) is 77.1 cm³/mol. The van der Waals surface area contributed by atoms with Gasteiger partial charge in [0.15, 0.2) is 0 Å². The largest absolute Gasteiger partial charge is 0.394 e. The van der Waals surface area contributed by atoms with E-state index in [1.807, 2.05) is 6.20 Å². The van der Waals surface area contributed by atoms with E-state index < -0.39 is 0 Å². The molecule has 0 saturated heterocycles. The van der Waals surface area contributed by atoms with Gasteiger partial charge >= 0.3 is 0 Å². The first-order valence-electron chi connectivity index (χ1n) is 7.61. The van der Waals surface area contributed by atoms with Gasteiger partial charge in [-0.15, -0.1) is 0 Å². The Morgan fingerprint density at radius 2 is 2.37 bits per heavy atom. The van der Waals surface area contributed by atoms with Gasteiger partial charge in [0, 0.05) is 30.9 Å². The SMILES string of the molecule is CCNC1(CO)CCCC1CCn1ccnc1CC. The van der Waals surface area contributed by atoms with Crippen LogP contribution >= 0.6 is 0 Å². The van der Waals surface area contributed by atoms with Crippen LogP contribution in [0.2, 0.25) is 0 Å². The number of likely N-dealkylation sites (N-methyl/N-ethyl adjacent to an activating group) is 1. The fourth-order valence-corrected chi connectivity index (χ4v) is 3.57. The van der Waals surface area contributed by atoms with Crippen LogP contribution in [0.15, 0.2) is 12.4 Å². The van der Waals surface area contributed by atoms with Crippen LogP contribution in [0.5, 0.6) is 0 Å². The lowest BCUT2D eigenvalue weighted by molar-refractivity contribution is 0.118. The molecule has 0 spiro atoms. The Balaban J connectivity index is 1.98. The molecule has 2 N–H and O–H groups in total. The van der Waals surface area contributed by atoms with Crippen LogP contribution in [0.3, 0.4) is 0 Å². The van der Waals surface area contributed by atoms with Crippen molar-refractivity contribution in [1.29, 1.82) is 0 Å². The van der Waals surface area contributed by atoms with Crippen molar-refractivity contribution in [3.63, 3.8) is 0 Å². The number of aliphatic hydroxyl groups is 1. The number of hydrogen-bond donors (Lipinski definition) is 2. The van der Waals surface area contributed by atoms with Crippen molar-refractivity contribution in [3.05, 3.63) is 18.2 Å². The minimum Gasteiger partial charge on any atom is -0.394 e. The van der Waals surface area contributed by atoms with Crippen LogP contribution in [0.4, 0.5) is 0 Å². The number of nitrogens with one attached hydrogen (secondary N) is 1. The number of aromatic nitrogens is 2. The van der Waals surface area contributed by atoms with E-state index in [0.29, 0.717) is 5.92 Å². The summed E-state index contributed by atoms with van der Waals surface area (Å²) in [5.41, 5.74) is -0.0400. The van der Waals surface area contributed by atoms with Crippen molar-refractivity contribution in [2.24, 2.45) is 5.92 Å². The van der Waals surface area contributed by atoms with Crippen LogP contribution in [0.25, 0.3) is 0 Å². The Morgan fingerprint density at radius 1 is 1.53 bits per heavy atom. The van der Waals surface area contributed by atoms with Crippen LogP contribution in [0.1, 0.15) is 45.4 Å². The van der Waals surface area contributed by atoms with E-state index in [1.165, 1.54) is 12.8 Å².